The molecule has 0 aliphatic heterocycles. The zero-order valence-electron chi connectivity index (χ0n) is 12.2. The Morgan fingerprint density at radius 1 is 1.32 bits per heavy atom. The van der Waals surface area contributed by atoms with Crippen molar-refractivity contribution in [1.82, 2.24) is 15.1 Å². The van der Waals surface area contributed by atoms with E-state index in [2.05, 4.69) is 5.32 Å². The van der Waals surface area contributed by atoms with Crippen LogP contribution < -0.4 is 5.32 Å². The van der Waals surface area contributed by atoms with Gasteiger partial charge in [-0.05, 0) is 34.0 Å². The van der Waals surface area contributed by atoms with Crippen LogP contribution in [0.2, 0.25) is 0 Å². The number of methoxy groups -OCH3 is 1. The quantitative estimate of drug-likeness (QED) is 0.622. The Labute approximate surface area is 114 Å². The standard InChI is InChI=1S/C12H25N3O4/c1-10(5-6-14(2)3)13-12(18)15(7-8-19-4)9-11(16)17/h10H,5-9H2,1-4H3,(H,13,18)(H,16,17). The maximum absolute atomic E-state index is 11.9. The molecule has 112 valence electrons. The molecule has 0 saturated heterocycles. The molecule has 1 unspecified atom stereocenters. The summed E-state index contributed by atoms with van der Waals surface area (Å²) < 4.78 is 4.87. The van der Waals surface area contributed by atoms with E-state index in [1.54, 1.807) is 0 Å². The minimum atomic E-state index is -1.04. The number of nitrogens with zero attached hydrogens (tertiary/aromatic N) is 2. The molecule has 1 atom stereocenters. The van der Waals surface area contributed by atoms with Gasteiger partial charge in [-0.25, -0.2) is 4.79 Å². The molecule has 0 aromatic heterocycles. The van der Waals surface area contributed by atoms with E-state index in [1.165, 1.54) is 12.0 Å². The number of hydrogen-bond acceptors (Lipinski definition) is 4. The number of carbonyl (C=O) groups is 2. The van der Waals surface area contributed by atoms with Crippen LogP contribution in [-0.4, -0.2) is 80.4 Å². The molecule has 0 saturated carbocycles. The monoisotopic (exact) mass is 275 g/mol. The molecule has 19 heavy (non-hydrogen) atoms. The normalized spacial score (nSPS) is 12.3. The molecule has 2 amide bonds. The van der Waals surface area contributed by atoms with Crippen LogP contribution in [0.1, 0.15) is 13.3 Å². The van der Waals surface area contributed by atoms with E-state index in [0.29, 0.717) is 6.61 Å². The number of rotatable bonds is 9. The molecule has 0 aliphatic rings. The molecular weight excluding hydrogens is 250 g/mol. The predicted octanol–water partition coefficient (Wildman–Crippen LogP) is 0.0692. The van der Waals surface area contributed by atoms with Crippen LogP contribution >= 0.6 is 0 Å². The number of nitrogens with one attached hydrogen (secondary N) is 1. The molecule has 2 N–H and O–H groups in total. The van der Waals surface area contributed by atoms with Gasteiger partial charge in [0.2, 0.25) is 0 Å². The lowest BCUT2D eigenvalue weighted by Gasteiger charge is -2.24. The Morgan fingerprint density at radius 3 is 2.42 bits per heavy atom. The summed E-state index contributed by atoms with van der Waals surface area (Å²) in [5, 5.41) is 11.6. The van der Waals surface area contributed by atoms with Gasteiger partial charge in [0.25, 0.3) is 0 Å². The fourth-order valence-electron chi connectivity index (χ4n) is 1.44. The van der Waals surface area contributed by atoms with Gasteiger partial charge in [0, 0.05) is 19.7 Å². The molecule has 0 spiro atoms. The summed E-state index contributed by atoms with van der Waals surface area (Å²) in [6, 6.07) is -0.376. The molecule has 0 heterocycles. The number of aliphatic carboxylic acids is 1. The van der Waals surface area contributed by atoms with Crippen LogP contribution in [0.15, 0.2) is 0 Å². The Kier molecular flexibility index (Phi) is 8.90. The van der Waals surface area contributed by atoms with Gasteiger partial charge < -0.3 is 25.0 Å². The lowest BCUT2D eigenvalue weighted by Crippen LogP contribution is -2.47. The van der Waals surface area contributed by atoms with Crippen molar-refractivity contribution in [2.45, 2.75) is 19.4 Å². The van der Waals surface area contributed by atoms with Crippen molar-refractivity contribution in [2.75, 3.05) is 47.4 Å². The second-order valence-electron chi connectivity index (χ2n) is 4.75. The minimum Gasteiger partial charge on any atom is -0.480 e. The van der Waals surface area contributed by atoms with E-state index in [1.807, 2.05) is 25.9 Å². The van der Waals surface area contributed by atoms with Crippen LogP contribution in [-0.2, 0) is 9.53 Å². The summed E-state index contributed by atoms with van der Waals surface area (Å²) in [4.78, 5) is 25.9. The maximum atomic E-state index is 11.9. The smallest absolute Gasteiger partial charge is 0.323 e. The number of carbonyl (C=O) groups excluding carboxylic acids is 1. The molecule has 0 aromatic rings. The highest BCUT2D eigenvalue weighted by Crippen LogP contribution is 1.96. The summed E-state index contributed by atoms with van der Waals surface area (Å²) in [6.45, 7) is 3.01. The van der Waals surface area contributed by atoms with Crippen molar-refractivity contribution in [2.24, 2.45) is 0 Å². The Balaban J connectivity index is 4.24. The fraction of sp³-hybridized carbons (Fsp3) is 0.833. The first kappa shape index (κ1) is 17.7. The van der Waals surface area contributed by atoms with Gasteiger partial charge in [-0.1, -0.05) is 0 Å². The van der Waals surface area contributed by atoms with Gasteiger partial charge in [-0.2, -0.15) is 0 Å². The summed E-state index contributed by atoms with van der Waals surface area (Å²) in [6.07, 6.45) is 0.809. The van der Waals surface area contributed by atoms with Crippen molar-refractivity contribution < 1.29 is 19.4 Å². The van der Waals surface area contributed by atoms with Gasteiger partial charge in [0.1, 0.15) is 6.54 Å². The van der Waals surface area contributed by atoms with E-state index in [-0.39, 0.29) is 25.2 Å². The Hall–Kier alpha value is -1.34. The van der Waals surface area contributed by atoms with E-state index in [4.69, 9.17) is 9.84 Å². The maximum Gasteiger partial charge on any atom is 0.323 e. The van der Waals surface area contributed by atoms with E-state index < -0.39 is 5.97 Å². The second-order valence-corrected chi connectivity index (χ2v) is 4.75. The first-order valence-corrected chi connectivity index (χ1v) is 6.27. The van der Waals surface area contributed by atoms with Crippen LogP contribution in [0.25, 0.3) is 0 Å². The first-order chi connectivity index (χ1) is 8.86. The zero-order valence-corrected chi connectivity index (χ0v) is 12.2. The van der Waals surface area contributed by atoms with Crippen molar-refractivity contribution >= 4 is 12.0 Å². The van der Waals surface area contributed by atoms with Gasteiger partial charge in [0.15, 0.2) is 0 Å². The first-order valence-electron chi connectivity index (χ1n) is 6.27. The van der Waals surface area contributed by atoms with E-state index in [9.17, 15) is 9.59 Å². The molecule has 7 nitrogen and oxygen atoms in total. The van der Waals surface area contributed by atoms with Crippen LogP contribution in [0.4, 0.5) is 4.79 Å². The SMILES string of the molecule is COCCN(CC(=O)O)C(=O)NC(C)CCN(C)C. The van der Waals surface area contributed by atoms with Crippen LogP contribution in [0.5, 0.6) is 0 Å². The number of carboxylic acids is 1. The van der Waals surface area contributed by atoms with Gasteiger partial charge in [0.05, 0.1) is 6.61 Å². The molecule has 0 aromatic carbocycles. The largest absolute Gasteiger partial charge is 0.480 e. The minimum absolute atomic E-state index is 0.00580. The number of urea groups is 1. The molecule has 0 fully saturated rings. The number of ether oxygens (including phenoxy) is 1. The van der Waals surface area contributed by atoms with E-state index >= 15 is 0 Å². The summed E-state index contributed by atoms with van der Waals surface area (Å²) in [5.41, 5.74) is 0. The average Bonchev–Trinajstić information content (AvgIpc) is 2.31. The van der Waals surface area contributed by atoms with Gasteiger partial charge in [-0.3, -0.25) is 4.79 Å². The third-order valence-electron chi connectivity index (χ3n) is 2.56. The molecule has 0 aliphatic carbocycles. The molecule has 0 radical (unpaired) electrons. The highest BCUT2D eigenvalue weighted by molar-refractivity contribution is 5.80. The lowest BCUT2D eigenvalue weighted by molar-refractivity contribution is -0.137. The highest BCUT2D eigenvalue weighted by Gasteiger charge is 2.18. The lowest BCUT2D eigenvalue weighted by atomic mass is 10.2. The van der Waals surface area contributed by atoms with Crippen molar-refractivity contribution in [3.05, 3.63) is 0 Å². The molecular formula is C12H25N3O4. The van der Waals surface area contributed by atoms with Crippen molar-refractivity contribution in [3.63, 3.8) is 0 Å². The van der Waals surface area contributed by atoms with Crippen LogP contribution in [0.3, 0.4) is 0 Å². The van der Waals surface area contributed by atoms with Crippen molar-refractivity contribution in [3.8, 4) is 0 Å². The van der Waals surface area contributed by atoms with Crippen LogP contribution in [0, 0.1) is 0 Å². The second kappa shape index (κ2) is 9.57. The average molecular weight is 275 g/mol. The summed E-state index contributed by atoms with van der Waals surface area (Å²) in [7, 11) is 5.43. The summed E-state index contributed by atoms with van der Waals surface area (Å²) >= 11 is 0. The zero-order chi connectivity index (χ0) is 14.8. The molecule has 7 heteroatoms. The topological polar surface area (TPSA) is 82.1 Å². The molecule has 0 rings (SSSR count). The highest BCUT2D eigenvalue weighted by atomic mass is 16.5. The Bertz CT molecular complexity index is 284. The predicted molar refractivity (Wildman–Crippen MR) is 72.2 cm³/mol. The summed E-state index contributed by atoms with van der Waals surface area (Å²) in [5.74, 6) is -1.04. The third kappa shape index (κ3) is 9.26. The third-order valence-corrected chi connectivity index (χ3v) is 2.56. The van der Waals surface area contributed by atoms with Crippen molar-refractivity contribution in [1.29, 1.82) is 0 Å². The number of hydrogen-bond donors (Lipinski definition) is 2. The number of amides is 2. The Morgan fingerprint density at radius 2 is 1.95 bits per heavy atom. The number of carboxylic acid groups (broad SMARTS) is 1. The fourth-order valence-corrected chi connectivity index (χ4v) is 1.44. The van der Waals surface area contributed by atoms with Gasteiger partial charge >= 0.3 is 12.0 Å². The van der Waals surface area contributed by atoms with E-state index in [0.717, 1.165) is 13.0 Å². The van der Waals surface area contributed by atoms with Gasteiger partial charge in [-0.15, -0.1) is 0 Å². The molecule has 0 bridgehead atoms.